The predicted octanol–water partition coefficient (Wildman–Crippen LogP) is 0.999. The average molecular weight is 199 g/mol. The van der Waals surface area contributed by atoms with Crippen molar-refractivity contribution in [3.05, 3.63) is 12.2 Å². The van der Waals surface area contributed by atoms with Gasteiger partial charge in [0.1, 0.15) is 0 Å². The number of unbranched alkanes of at least 4 members (excludes halogenated alkanes) is 1. The first kappa shape index (κ1) is 13.6. The van der Waals surface area contributed by atoms with Crippen LogP contribution >= 0.6 is 0 Å². The van der Waals surface area contributed by atoms with Crippen LogP contribution < -0.4 is 16.8 Å². The highest BCUT2D eigenvalue weighted by molar-refractivity contribution is 4.88. The molecule has 0 atom stereocenters. The topological polar surface area (TPSA) is 64.1 Å². The Balaban J connectivity index is 3.55. The first-order chi connectivity index (χ1) is 6.62. The van der Waals surface area contributed by atoms with Gasteiger partial charge in [0.2, 0.25) is 0 Å². The summed E-state index contributed by atoms with van der Waals surface area (Å²) in [6.45, 7) is 6.75. The van der Waals surface area contributed by atoms with Crippen molar-refractivity contribution in [3.8, 4) is 0 Å². The van der Waals surface area contributed by atoms with Gasteiger partial charge in [-0.3, -0.25) is 0 Å². The van der Waals surface area contributed by atoms with Crippen LogP contribution in [0.25, 0.3) is 0 Å². The second-order valence-electron chi connectivity index (χ2n) is 4.22. The molecular weight excluding hydrogens is 174 g/mol. The maximum atomic E-state index is 5.45. The van der Waals surface area contributed by atoms with Crippen LogP contribution in [0, 0.1) is 0 Å². The van der Waals surface area contributed by atoms with Crippen molar-refractivity contribution in [2.75, 3.05) is 19.6 Å². The SMILES string of the molecule is CC(C)(CCCCN)NC/C=C\CN. The lowest BCUT2D eigenvalue weighted by atomic mass is 9.97. The van der Waals surface area contributed by atoms with E-state index in [2.05, 4.69) is 25.2 Å². The van der Waals surface area contributed by atoms with Crippen LogP contribution in [-0.2, 0) is 0 Å². The molecule has 0 heterocycles. The van der Waals surface area contributed by atoms with Gasteiger partial charge >= 0.3 is 0 Å². The fraction of sp³-hybridized carbons (Fsp3) is 0.818. The van der Waals surface area contributed by atoms with E-state index in [1.54, 1.807) is 0 Å². The van der Waals surface area contributed by atoms with Crippen LogP contribution in [0.15, 0.2) is 12.2 Å². The Morgan fingerprint density at radius 2 is 1.86 bits per heavy atom. The molecule has 3 nitrogen and oxygen atoms in total. The van der Waals surface area contributed by atoms with Gasteiger partial charge in [0, 0.05) is 18.6 Å². The van der Waals surface area contributed by atoms with E-state index in [9.17, 15) is 0 Å². The molecule has 0 rings (SSSR count). The highest BCUT2D eigenvalue weighted by Crippen LogP contribution is 2.11. The first-order valence-corrected chi connectivity index (χ1v) is 5.42. The molecule has 0 unspecified atom stereocenters. The van der Waals surface area contributed by atoms with E-state index in [0.717, 1.165) is 19.5 Å². The Kier molecular flexibility index (Phi) is 7.76. The zero-order chi connectivity index (χ0) is 10.9. The third-order valence-electron chi connectivity index (χ3n) is 2.26. The van der Waals surface area contributed by atoms with Gasteiger partial charge in [-0.25, -0.2) is 0 Å². The van der Waals surface area contributed by atoms with E-state index in [1.807, 2.05) is 6.08 Å². The number of hydrogen-bond donors (Lipinski definition) is 3. The molecule has 0 fully saturated rings. The van der Waals surface area contributed by atoms with E-state index in [-0.39, 0.29) is 5.54 Å². The Morgan fingerprint density at radius 3 is 2.43 bits per heavy atom. The first-order valence-electron chi connectivity index (χ1n) is 5.42. The maximum absolute atomic E-state index is 5.45. The minimum atomic E-state index is 0.202. The third-order valence-corrected chi connectivity index (χ3v) is 2.26. The van der Waals surface area contributed by atoms with Crippen LogP contribution in [0.2, 0.25) is 0 Å². The van der Waals surface area contributed by atoms with Crippen molar-refractivity contribution in [2.45, 2.75) is 38.6 Å². The Hall–Kier alpha value is -0.380. The summed E-state index contributed by atoms with van der Waals surface area (Å²) in [6.07, 6.45) is 7.52. The van der Waals surface area contributed by atoms with Gasteiger partial charge in [-0.2, -0.15) is 0 Å². The molecule has 0 aliphatic carbocycles. The molecule has 3 heteroatoms. The van der Waals surface area contributed by atoms with Crippen LogP contribution in [-0.4, -0.2) is 25.2 Å². The molecule has 0 amide bonds. The maximum Gasteiger partial charge on any atom is 0.0140 e. The summed E-state index contributed by atoms with van der Waals surface area (Å²) >= 11 is 0. The molecule has 0 aromatic heterocycles. The normalized spacial score (nSPS) is 12.6. The number of nitrogens with one attached hydrogen (secondary N) is 1. The lowest BCUT2D eigenvalue weighted by Gasteiger charge is -2.25. The fourth-order valence-corrected chi connectivity index (χ4v) is 1.31. The van der Waals surface area contributed by atoms with Gasteiger partial charge in [0.05, 0.1) is 0 Å². The van der Waals surface area contributed by atoms with Crippen LogP contribution in [0.4, 0.5) is 0 Å². The molecule has 0 aliphatic rings. The molecule has 0 saturated carbocycles. The summed E-state index contributed by atoms with van der Waals surface area (Å²) in [6, 6.07) is 0. The van der Waals surface area contributed by atoms with E-state index in [1.165, 1.54) is 12.8 Å². The molecule has 0 aliphatic heterocycles. The lowest BCUT2D eigenvalue weighted by Crippen LogP contribution is -2.39. The highest BCUT2D eigenvalue weighted by atomic mass is 14.9. The number of nitrogens with two attached hydrogens (primary N) is 2. The second kappa shape index (κ2) is 7.97. The van der Waals surface area contributed by atoms with Crippen molar-refractivity contribution in [1.29, 1.82) is 0 Å². The summed E-state index contributed by atoms with van der Waals surface area (Å²) in [4.78, 5) is 0. The van der Waals surface area contributed by atoms with Crippen molar-refractivity contribution in [2.24, 2.45) is 11.5 Å². The van der Waals surface area contributed by atoms with Gasteiger partial charge < -0.3 is 16.8 Å². The molecule has 84 valence electrons. The highest BCUT2D eigenvalue weighted by Gasteiger charge is 2.14. The van der Waals surface area contributed by atoms with Gasteiger partial charge in [-0.15, -0.1) is 0 Å². The van der Waals surface area contributed by atoms with Crippen molar-refractivity contribution < 1.29 is 0 Å². The van der Waals surface area contributed by atoms with Gasteiger partial charge in [-0.1, -0.05) is 18.6 Å². The molecule has 0 aromatic rings. The Bertz CT molecular complexity index is 153. The largest absolute Gasteiger partial charge is 0.330 e. The predicted molar refractivity (Wildman–Crippen MR) is 63.2 cm³/mol. The Morgan fingerprint density at radius 1 is 1.14 bits per heavy atom. The number of rotatable bonds is 8. The zero-order valence-corrected chi connectivity index (χ0v) is 9.55. The second-order valence-corrected chi connectivity index (χ2v) is 4.22. The zero-order valence-electron chi connectivity index (χ0n) is 9.55. The summed E-state index contributed by atoms with van der Waals surface area (Å²) in [5, 5.41) is 3.47. The lowest BCUT2D eigenvalue weighted by molar-refractivity contribution is 0.365. The minimum absolute atomic E-state index is 0.202. The molecule has 0 radical (unpaired) electrons. The van der Waals surface area contributed by atoms with E-state index >= 15 is 0 Å². The molecule has 0 bridgehead atoms. The summed E-state index contributed by atoms with van der Waals surface area (Å²) < 4.78 is 0. The van der Waals surface area contributed by atoms with Gasteiger partial charge in [0.25, 0.3) is 0 Å². The molecule has 0 saturated heterocycles. The average Bonchev–Trinajstić information content (AvgIpc) is 2.13. The molecule has 14 heavy (non-hydrogen) atoms. The summed E-state index contributed by atoms with van der Waals surface area (Å²) in [5.74, 6) is 0. The monoisotopic (exact) mass is 199 g/mol. The van der Waals surface area contributed by atoms with Crippen molar-refractivity contribution in [1.82, 2.24) is 5.32 Å². The minimum Gasteiger partial charge on any atom is -0.330 e. The smallest absolute Gasteiger partial charge is 0.0140 e. The van der Waals surface area contributed by atoms with Gasteiger partial charge in [0.15, 0.2) is 0 Å². The molecule has 5 N–H and O–H groups in total. The van der Waals surface area contributed by atoms with Crippen LogP contribution in [0.5, 0.6) is 0 Å². The van der Waals surface area contributed by atoms with Crippen molar-refractivity contribution >= 4 is 0 Å². The molecule has 0 spiro atoms. The van der Waals surface area contributed by atoms with Gasteiger partial charge in [-0.05, 0) is 33.2 Å². The summed E-state index contributed by atoms with van der Waals surface area (Å²) in [7, 11) is 0. The quantitative estimate of drug-likeness (QED) is 0.403. The fourth-order valence-electron chi connectivity index (χ4n) is 1.31. The molecular formula is C11H25N3. The van der Waals surface area contributed by atoms with E-state index in [0.29, 0.717) is 6.54 Å². The standard InChI is InChI=1S/C11H25N3/c1-11(2,7-3-4-8-12)14-10-6-5-9-13/h5-6,14H,3-4,7-10,12-13H2,1-2H3/b6-5-. The van der Waals surface area contributed by atoms with Crippen LogP contribution in [0.3, 0.4) is 0 Å². The van der Waals surface area contributed by atoms with Crippen molar-refractivity contribution in [3.63, 3.8) is 0 Å². The number of hydrogen-bond acceptors (Lipinski definition) is 3. The molecule has 0 aromatic carbocycles. The Labute approximate surface area is 87.9 Å². The third kappa shape index (κ3) is 8.23. The van der Waals surface area contributed by atoms with Crippen LogP contribution in [0.1, 0.15) is 33.1 Å². The van der Waals surface area contributed by atoms with E-state index in [4.69, 9.17) is 11.5 Å². The van der Waals surface area contributed by atoms with E-state index < -0.39 is 0 Å². The summed E-state index contributed by atoms with van der Waals surface area (Å²) in [5.41, 5.74) is 11.0.